The lowest BCUT2D eigenvalue weighted by atomic mass is 10.1. The summed E-state index contributed by atoms with van der Waals surface area (Å²) in [6.45, 7) is 13.5. The van der Waals surface area contributed by atoms with Crippen molar-refractivity contribution in [2.24, 2.45) is 5.92 Å². The average molecular weight is 249 g/mol. The van der Waals surface area contributed by atoms with Gasteiger partial charge in [-0.1, -0.05) is 65.8 Å². The Balaban J connectivity index is 0.000000659. The Hall–Kier alpha value is -1.31. The normalized spacial score (nSPS) is 12.1. The fraction of sp³-hybridized carbons (Fsp3) is 0.562. The zero-order valence-corrected chi connectivity index (χ0v) is 12.7. The minimum atomic E-state index is 0.101. The average Bonchev–Trinajstić information content (AvgIpc) is 2.86. The molecule has 1 aliphatic heterocycles. The quantitative estimate of drug-likeness (QED) is 0.729. The number of carbonyl (C=O) groups is 1. The first-order valence-electron chi connectivity index (χ1n) is 7.04. The van der Waals surface area contributed by atoms with Crippen molar-refractivity contribution >= 4 is 5.91 Å². The first-order valence-corrected chi connectivity index (χ1v) is 7.04. The summed E-state index contributed by atoms with van der Waals surface area (Å²) in [7, 11) is 0. The van der Waals surface area contributed by atoms with Crippen LogP contribution in [0.2, 0.25) is 0 Å². The number of fused-ring (bicyclic) bond motifs is 1. The summed E-state index contributed by atoms with van der Waals surface area (Å²) in [5, 5.41) is 0. The van der Waals surface area contributed by atoms with Crippen LogP contribution in [0.4, 0.5) is 0 Å². The molecule has 0 aromatic heterocycles. The second kappa shape index (κ2) is 8.73. The van der Waals surface area contributed by atoms with Crippen LogP contribution in [0, 0.1) is 5.92 Å². The number of amides is 1. The Morgan fingerprint density at radius 1 is 1.00 bits per heavy atom. The van der Waals surface area contributed by atoms with E-state index in [-0.39, 0.29) is 11.8 Å². The van der Waals surface area contributed by atoms with Crippen molar-refractivity contribution in [2.45, 2.75) is 54.6 Å². The minimum absolute atomic E-state index is 0.101. The van der Waals surface area contributed by atoms with E-state index in [9.17, 15) is 4.79 Å². The summed E-state index contributed by atoms with van der Waals surface area (Å²) in [6, 6.07) is 8.26. The molecule has 0 unspecified atom stereocenters. The molecule has 0 bridgehead atoms. The van der Waals surface area contributed by atoms with Gasteiger partial charge in [-0.25, -0.2) is 0 Å². The fourth-order valence-electron chi connectivity index (χ4n) is 1.85. The van der Waals surface area contributed by atoms with Crippen molar-refractivity contribution in [2.75, 3.05) is 0 Å². The van der Waals surface area contributed by atoms with Crippen molar-refractivity contribution < 1.29 is 4.79 Å². The molecule has 1 aliphatic rings. The van der Waals surface area contributed by atoms with Crippen molar-refractivity contribution in [3.63, 3.8) is 0 Å². The van der Waals surface area contributed by atoms with Gasteiger partial charge >= 0.3 is 0 Å². The molecule has 2 rings (SSSR count). The lowest BCUT2D eigenvalue weighted by molar-refractivity contribution is -0.135. The lowest BCUT2D eigenvalue weighted by Gasteiger charge is -2.17. The number of carbonyl (C=O) groups excluding carboxylic acids is 1. The topological polar surface area (TPSA) is 20.3 Å². The summed E-state index contributed by atoms with van der Waals surface area (Å²) in [4.78, 5) is 13.7. The Morgan fingerprint density at radius 3 is 1.72 bits per heavy atom. The zero-order valence-electron chi connectivity index (χ0n) is 12.7. The molecule has 0 aliphatic carbocycles. The van der Waals surface area contributed by atoms with E-state index in [0.29, 0.717) is 0 Å². The number of hydrogen-bond acceptors (Lipinski definition) is 1. The van der Waals surface area contributed by atoms with Gasteiger partial charge in [-0.15, -0.1) is 0 Å². The minimum Gasteiger partial charge on any atom is -0.334 e. The monoisotopic (exact) mass is 249 g/mol. The SMILES string of the molecule is CC.CC.CC(C)C(=O)N1Cc2ccccc2C1. The third kappa shape index (κ3) is 4.17. The molecule has 0 atom stereocenters. The molecule has 0 saturated heterocycles. The number of benzene rings is 1. The van der Waals surface area contributed by atoms with Gasteiger partial charge in [-0.05, 0) is 11.1 Å². The van der Waals surface area contributed by atoms with Gasteiger partial charge in [0, 0.05) is 19.0 Å². The van der Waals surface area contributed by atoms with Crippen LogP contribution >= 0.6 is 0 Å². The van der Waals surface area contributed by atoms with Crippen LogP contribution in [0.3, 0.4) is 0 Å². The van der Waals surface area contributed by atoms with Crippen molar-refractivity contribution in [3.05, 3.63) is 35.4 Å². The largest absolute Gasteiger partial charge is 0.334 e. The van der Waals surface area contributed by atoms with Gasteiger partial charge in [0.15, 0.2) is 0 Å². The summed E-state index contributed by atoms with van der Waals surface area (Å²) < 4.78 is 0. The van der Waals surface area contributed by atoms with Gasteiger partial charge in [0.05, 0.1) is 0 Å². The highest BCUT2D eigenvalue weighted by atomic mass is 16.2. The maximum Gasteiger partial charge on any atom is 0.225 e. The van der Waals surface area contributed by atoms with Crippen molar-refractivity contribution in [3.8, 4) is 0 Å². The predicted octanol–water partition coefficient (Wildman–Crippen LogP) is 4.24. The molecule has 2 heteroatoms. The van der Waals surface area contributed by atoms with Crippen LogP contribution in [-0.4, -0.2) is 10.8 Å². The Labute approximate surface area is 112 Å². The van der Waals surface area contributed by atoms with Crippen molar-refractivity contribution in [1.82, 2.24) is 4.90 Å². The third-order valence-corrected chi connectivity index (χ3v) is 2.65. The molecule has 1 heterocycles. The molecule has 1 amide bonds. The molecular weight excluding hydrogens is 222 g/mol. The van der Waals surface area contributed by atoms with Crippen molar-refractivity contribution in [1.29, 1.82) is 0 Å². The molecular formula is C16H27NO. The maximum absolute atomic E-state index is 11.7. The van der Waals surface area contributed by atoms with E-state index < -0.39 is 0 Å². The Morgan fingerprint density at radius 2 is 1.39 bits per heavy atom. The number of nitrogens with zero attached hydrogens (tertiary/aromatic N) is 1. The van der Waals surface area contributed by atoms with Gasteiger partial charge in [-0.3, -0.25) is 4.79 Å². The summed E-state index contributed by atoms with van der Waals surface area (Å²) >= 11 is 0. The summed E-state index contributed by atoms with van der Waals surface area (Å²) in [5.41, 5.74) is 2.59. The van der Waals surface area contributed by atoms with Crippen LogP contribution in [0.1, 0.15) is 52.7 Å². The molecule has 0 radical (unpaired) electrons. The molecule has 1 aromatic rings. The second-order valence-electron chi connectivity index (χ2n) is 4.12. The Bertz CT molecular complexity index is 333. The van der Waals surface area contributed by atoms with Crippen LogP contribution in [-0.2, 0) is 17.9 Å². The molecule has 18 heavy (non-hydrogen) atoms. The first kappa shape index (κ1) is 16.7. The molecule has 0 fully saturated rings. The summed E-state index contributed by atoms with van der Waals surface area (Å²) in [5.74, 6) is 0.352. The smallest absolute Gasteiger partial charge is 0.225 e. The maximum atomic E-state index is 11.7. The van der Waals surface area contributed by atoms with Crippen LogP contribution in [0.5, 0.6) is 0 Å². The fourth-order valence-corrected chi connectivity index (χ4v) is 1.85. The second-order valence-corrected chi connectivity index (χ2v) is 4.12. The van der Waals surface area contributed by atoms with Gasteiger partial charge in [0.2, 0.25) is 5.91 Å². The van der Waals surface area contributed by atoms with Gasteiger partial charge in [-0.2, -0.15) is 0 Å². The highest BCUT2D eigenvalue weighted by Gasteiger charge is 2.24. The molecule has 102 valence electrons. The lowest BCUT2D eigenvalue weighted by Crippen LogP contribution is -2.29. The zero-order chi connectivity index (χ0) is 14.1. The predicted molar refractivity (Wildman–Crippen MR) is 78.2 cm³/mol. The van der Waals surface area contributed by atoms with Gasteiger partial charge in [0.1, 0.15) is 0 Å². The molecule has 0 saturated carbocycles. The van der Waals surface area contributed by atoms with Gasteiger partial charge in [0.25, 0.3) is 0 Å². The molecule has 2 nitrogen and oxygen atoms in total. The third-order valence-electron chi connectivity index (χ3n) is 2.65. The molecule has 0 N–H and O–H groups in total. The number of rotatable bonds is 1. The van der Waals surface area contributed by atoms with Crippen LogP contribution < -0.4 is 0 Å². The standard InChI is InChI=1S/C12H15NO.2C2H6/c1-9(2)12(14)13-7-10-5-3-4-6-11(10)8-13;2*1-2/h3-6,9H,7-8H2,1-2H3;2*1-2H3. The van der Waals surface area contributed by atoms with Crippen LogP contribution in [0.15, 0.2) is 24.3 Å². The molecule has 0 spiro atoms. The highest BCUT2D eigenvalue weighted by molar-refractivity contribution is 5.78. The first-order chi connectivity index (χ1) is 8.68. The Kier molecular flexibility index (Phi) is 8.10. The molecule has 1 aromatic carbocycles. The van der Waals surface area contributed by atoms with E-state index in [2.05, 4.69) is 12.1 Å². The van der Waals surface area contributed by atoms with E-state index >= 15 is 0 Å². The van der Waals surface area contributed by atoms with E-state index in [1.54, 1.807) is 0 Å². The summed E-state index contributed by atoms with van der Waals surface area (Å²) in [6.07, 6.45) is 0. The van der Waals surface area contributed by atoms with E-state index in [1.165, 1.54) is 11.1 Å². The van der Waals surface area contributed by atoms with Gasteiger partial charge < -0.3 is 4.90 Å². The van der Waals surface area contributed by atoms with E-state index in [4.69, 9.17) is 0 Å². The van der Waals surface area contributed by atoms with E-state index in [0.717, 1.165) is 13.1 Å². The van der Waals surface area contributed by atoms with Crippen LogP contribution in [0.25, 0.3) is 0 Å². The van der Waals surface area contributed by atoms with E-state index in [1.807, 2.05) is 58.6 Å². The number of hydrogen-bond donors (Lipinski definition) is 0. The highest BCUT2D eigenvalue weighted by Crippen LogP contribution is 2.23.